The number of anilines is 1. The van der Waals surface area contributed by atoms with E-state index in [0.29, 0.717) is 5.76 Å². The first-order valence-corrected chi connectivity index (χ1v) is 6.81. The lowest BCUT2D eigenvalue weighted by Crippen LogP contribution is -1.98. The van der Waals surface area contributed by atoms with E-state index in [4.69, 9.17) is 10.5 Å². The summed E-state index contributed by atoms with van der Waals surface area (Å²) in [7, 11) is 1.64. The van der Waals surface area contributed by atoms with Crippen LogP contribution in [0.1, 0.15) is 30.5 Å². The average molecular weight is 271 g/mol. The number of aryl methyl sites for hydroxylation is 2. The number of methoxy groups -OCH3 is 1. The van der Waals surface area contributed by atoms with Gasteiger partial charge < -0.3 is 10.5 Å². The highest BCUT2D eigenvalue weighted by Gasteiger charge is 2.05. The largest absolute Gasteiger partial charge is 0.497 e. The minimum atomic E-state index is 0.703. The smallest absolute Gasteiger partial charge is 0.114 e. The Morgan fingerprint density at radius 3 is 2.50 bits per heavy atom. The van der Waals surface area contributed by atoms with Crippen molar-refractivity contribution in [1.29, 1.82) is 0 Å². The lowest BCUT2D eigenvalue weighted by Gasteiger charge is -2.11. The summed E-state index contributed by atoms with van der Waals surface area (Å²) in [4.78, 5) is 0. The van der Waals surface area contributed by atoms with Gasteiger partial charge in [-0.15, -0.1) is 0 Å². The van der Waals surface area contributed by atoms with Crippen LogP contribution in [0.3, 0.4) is 0 Å². The fraction of sp³-hybridized carbons (Fsp3) is 0.333. The van der Waals surface area contributed by atoms with E-state index >= 15 is 0 Å². The summed E-state index contributed by atoms with van der Waals surface area (Å²) in [6.45, 7) is 12.1. The first-order chi connectivity index (χ1) is 9.38. The molecule has 2 heteroatoms. The highest BCUT2D eigenvalue weighted by molar-refractivity contribution is 5.52. The van der Waals surface area contributed by atoms with E-state index in [9.17, 15) is 0 Å². The first kappa shape index (κ1) is 16.1. The minimum Gasteiger partial charge on any atom is -0.497 e. The van der Waals surface area contributed by atoms with Crippen molar-refractivity contribution in [2.24, 2.45) is 0 Å². The Hall–Kier alpha value is -1.96. The number of ether oxygens (including phenoxy) is 1. The van der Waals surface area contributed by atoms with Crippen LogP contribution < -0.4 is 5.73 Å². The molecular weight excluding hydrogens is 246 g/mol. The van der Waals surface area contributed by atoms with Crippen molar-refractivity contribution in [3.63, 3.8) is 0 Å². The van der Waals surface area contributed by atoms with E-state index in [0.717, 1.165) is 23.2 Å². The summed E-state index contributed by atoms with van der Waals surface area (Å²) in [5.74, 6) is 0.703. The Morgan fingerprint density at radius 1 is 1.30 bits per heavy atom. The van der Waals surface area contributed by atoms with Crippen LogP contribution in [0.2, 0.25) is 0 Å². The Labute approximate surface area is 122 Å². The molecule has 2 N–H and O–H groups in total. The Morgan fingerprint density at radius 2 is 1.95 bits per heavy atom. The topological polar surface area (TPSA) is 35.2 Å². The predicted octanol–water partition coefficient (Wildman–Crippen LogP) is 4.48. The molecule has 0 atom stereocenters. The molecular formula is C18H25NO. The average Bonchev–Trinajstić information content (AvgIpc) is 2.42. The Balaban J connectivity index is 3.02. The summed E-state index contributed by atoms with van der Waals surface area (Å²) >= 11 is 0. The zero-order valence-electron chi connectivity index (χ0n) is 13.2. The molecule has 0 saturated carbocycles. The Kier molecular flexibility index (Phi) is 5.63. The van der Waals surface area contributed by atoms with Crippen LogP contribution in [0.5, 0.6) is 0 Å². The van der Waals surface area contributed by atoms with Crippen molar-refractivity contribution in [2.45, 2.75) is 34.1 Å². The molecule has 2 nitrogen and oxygen atoms in total. The zero-order chi connectivity index (χ0) is 15.3. The molecule has 108 valence electrons. The van der Waals surface area contributed by atoms with E-state index in [1.54, 1.807) is 7.11 Å². The van der Waals surface area contributed by atoms with E-state index in [-0.39, 0.29) is 0 Å². The van der Waals surface area contributed by atoms with Crippen molar-refractivity contribution >= 4 is 5.69 Å². The second-order valence-corrected chi connectivity index (χ2v) is 5.13. The third-order valence-electron chi connectivity index (χ3n) is 3.58. The van der Waals surface area contributed by atoms with Gasteiger partial charge in [0.2, 0.25) is 0 Å². The molecule has 0 aliphatic heterocycles. The van der Waals surface area contributed by atoms with Gasteiger partial charge in [-0.2, -0.15) is 0 Å². The molecule has 0 heterocycles. The van der Waals surface area contributed by atoms with Gasteiger partial charge in [0, 0.05) is 5.69 Å². The quantitative estimate of drug-likeness (QED) is 0.487. The summed E-state index contributed by atoms with van der Waals surface area (Å²) in [5, 5.41) is 0. The molecule has 0 unspecified atom stereocenters. The molecule has 0 bridgehead atoms. The maximum atomic E-state index is 5.94. The number of benzene rings is 1. The normalized spacial score (nSPS) is 12.4. The van der Waals surface area contributed by atoms with Crippen molar-refractivity contribution < 1.29 is 4.74 Å². The van der Waals surface area contributed by atoms with Crippen molar-refractivity contribution in [2.75, 3.05) is 12.8 Å². The van der Waals surface area contributed by atoms with E-state index in [1.807, 2.05) is 26.8 Å². The molecule has 0 spiro atoms. The molecule has 0 radical (unpaired) electrons. The summed E-state index contributed by atoms with van der Waals surface area (Å²) in [5.41, 5.74) is 12.7. The minimum absolute atomic E-state index is 0.703. The monoisotopic (exact) mass is 271 g/mol. The molecule has 0 aliphatic rings. The molecule has 20 heavy (non-hydrogen) atoms. The third-order valence-corrected chi connectivity index (χ3v) is 3.58. The van der Waals surface area contributed by atoms with Crippen molar-refractivity contribution in [1.82, 2.24) is 0 Å². The van der Waals surface area contributed by atoms with Crippen LogP contribution in [0.25, 0.3) is 0 Å². The summed E-state index contributed by atoms with van der Waals surface area (Å²) in [6, 6.07) is 4.21. The standard InChI is InChI=1S/C18H25NO/c1-7-16(8-12(2)15(5)20-6)11-17-9-14(4)18(19)10-13(17)3/h7-10H,5,11,19H2,1-4,6H3/b12-8+,16-7+. The number of hydrogen-bond acceptors (Lipinski definition) is 2. The molecule has 1 rings (SSSR count). The second kappa shape index (κ2) is 6.99. The highest BCUT2D eigenvalue weighted by Crippen LogP contribution is 2.22. The molecule has 0 aliphatic carbocycles. The lowest BCUT2D eigenvalue weighted by molar-refractivity contribution is 0.302. The van der Waals surface area contributed by atoms with Gasteiger partial charge in [0.05, 0.1) is 7.11 Å². The van der Waals surface area contributed by atoms with Gasteiger partial charge in [-0.1, -0.05) is 24.8 Å². The van der Waals surface area contributed by atoms with Crippen LogP contribution in [-0.2, 0) is 11.2 Å². The van der Waals surface area contributed by atoms with E-state index < -0.39 is 0 Å². The number of rotatable bonds is 5. The molecule has 0 amide bonds. The van der Waals surface area contributed by atoms with E-state index in [2.05, 4.69) is 31.7 Å². The SMILES string of the molecule is C=C(OC)/C(C)=C/C(=C\C)Cc1cc(C)c(N)cc1C. The lowest BCUT2D eigenvalue weighted by atomic mass is 9.96. The fourth-order valence-corrected chi connectivity index (χ4v) is 2.06. The molecule has 0 saturated heterocycles. The molecule has 1 aromatic rings. The van der Waals surface area contributed by atoms with Gasteiger partial charge in [0.25, 0.3) is 0 Å². The fourth-order valence-electron chi connectivity index (χ4n) is 2.06. The first-order valence-electron chi connectivity index (χ1n) is 6.81. The van der Waals surface area contributed by atoms with Crippen molar-refractivity contribution in [3.8, 4) is 0 Å². The van der Waals surface area contributed by atoms with Gasteiger partial charge in [0.1, 0.15) is 5.76 Å². The van der Waals surface area contributed by atoms with Crippen LogP contribution in [-0.4, -0.2) is 7.11 Å². The maximum Gasteiger partial charge on any atom is 0.114 e. The number of nitrogen functional groups attached to an aromatic ring is 1. The second-order valence-electron chi connectivity index (χ2n) is 5.13. The van der Waals surface area contributed by atoms with Gasteiger partial charge >= 0.3 is 0 Å². The van der Waals surface area contributed by atoms with Gasteiger partial charge in [-0.05, 0) is 68.0 Å². The number of allylic oxidation sites excluding steroid dienone is 4. The Bertz CT molecular complexity index is 565. The molecule has 0 aromatic heterocycles. The van der Waals surface area contributed by atoms with Crippen LogP contribution in [0, 0.1) is 13.8 Å². The maximum absolute atomic E-state index is 5.94. The summed E-state index contributed by atoms with van der Waals surface area (Å²) < 4.78 is 5.16. The van der Waals surface area contributed by atoms with Gasteiger partial charge in [-0.3, -0.25) is 0 Å². The third kappa shape index (κ3) is 4.02. The highest BCUT2D eigenvalue weighted by atomic mass is 16.5. The van der Waals surface area contributed by atoms with E-state index in [1.165, 1.54) is 16.7 Å². The van der Waals surface area contributed by atoms with Gasteiger partial charge in [0.15, 0.2) is 0 Å². The molecule has 1 aromatic carbocycles. The molecule has 0 fully saturated rings. The van der Waals surface area contributed by atoms with Crippen molar-refractivity contribution in [3.05, 3.63) is 64.5 Å². The zero-order valence-corrected chi connectivity index (χ0v) is 13.2. The number of hydrogen-bond donors (Lipinski definition) is 1. The predicted molar refractivity (Wildman–Crippen MR) is 87.7 cm³/mol. The van der Waals surface area contributed by atoms with Crippen LogP contribution >= 0.6 is 0 Å². The van der Waals surface area contributed by atoms with Gasteiger partial charge in [-0.25, -0.2) is 0 Å². The van der Waals surface area contributed by atoms with Crippen LogP contribution in [0.15, 0.2) is 47.8 Å². The summed E-state index contributed by atoms with van der Waals surface area (Å²) in [6.07, 6.45) is 5.13. The number of nitrogens with two attached hydrogens (primary N) is 1. The van der Waals surface area contributed by atoms with Crippen LogP contribution in [0.4, 0.5) is 5.69 Å².